The van der Waals surface area contributed by atoms with Gasteiger partial charge in [-0.15, -0.1) is 0 Å². The third-order valence-corrected chi connectivity index (χ3v) is 5.05. The molecule has 2 heterocycles. The number of rotatable bonds is 7. The summed E-state index contributed by atoms with van der Waals surface area (Å²) in [4.78, 5) is 16.7. The van der Waals surface area contributed by atoms with Crippen LogP contribution in [0.4, 0.5) is 4.39 Å². The van der Waals surface area contributed by atoms with E-state index in [9.17, 15) is 9.18 Å². The van der Waals surface area contributed by atoms with Crippen molar-refractivity contribution in [1.82, 2.24) is 15.1 Å². The van der Waals surface area contributed by atoms with Gasteiger partial charge in [-0.25, -0.2) is 4.39 Å². The van der Waals surface area contributed by atoms with Crippen LogP contribution in [-0.2, 0) is 9.53 Å². The van der Waals surface area contributed by atoms with Gasteiger partial charge in [-0.05, 0) is 45.4 Å². The van der Waals surface area contributed by atoms with Crippen LogP contribution in [0, 0.1) is 17.1 Å². The van der Waals surface area contributed by atoms with E-state index in [1.165, 1.54) is 12.1 Å². The van der Waals surface area contributed by atoms with Crippen LogP contribution in [0.1, 0.15) is 32.8 Å². The molecule has 30 heavy (non-hydrogen) atoms. The van der Waals surface area contributed by atoms with Crippen molar-refractivity contribution in [3.05, 3.63) is 29.6 Å². The van der Waals surface area contributed by atoms with E-state index in [-0.39, 0.29) is 35.0 Å². The monoisotopic (exact) mass is 418 g/mol. The van der Waals surface area contributed by atoms with Gasteiger partial charge in [0.15, 0.2) is 11.6 Å². The van der Waals surface area contributed by atoms with Gasteiger partial charge in [0.2, 0.25) is 5.91 Å². The molecule has 1 amide bonds. The summed E-state index contributed by atoms with van der Waals surface area (Å²) in [7, 11) is 0. The maximum Gasteiger partial charge on any atom is 0.234 e. The van der Waals surface area contributed by atoms with Crippen molar-refractivity contribution in [1.29, 1.82) is 5.26 Å². The first-order valence-electron chi connectivity index (χ1n) is 10.5. The van der Waals surface area contributed by atoms with Crippen LogP contribution in [0.2, 0.25) is 0 Å². The van der Waals surface area contributed by atoms with E-state index in [1.54, 1.807) is 6.07 Å². The first-order chi connectivity index (χ1) is 14.2. The Morgan fingerprint density at radius 3 is 2.53 bits per heavy atom. The van der Waals surface area contributed by atoms with Gasteiger partial charge in [0.25, 0.3) is 0 Å². The Morgan fingerprint density at radius 1 is 1.27 bits per heavy atom. The summed E-state index contributed by atoms with van der Waals surface area (Å²) in [6, 6.07) is 6.14. The van der Waals surface area contributed by atoms with Gasteiger partial charge in [-0.3, -0.25) is 14.6 Å². The maximum atomic E-state index is 13.9. The first-order valence-corrected chi connectivity index (χ1v) is 10.5. The SMILES string of the molecule is CC(C)(C)NC(=O)CN1CC2CN(CCCOc3ccc(C#N)cc3F)CC(C1)O2. The smallest absolute Gasteiger partial charge is 0.234 e. The van der Waals surface area contributed by atoms with E-state index >= 15 is 0 Å². The minimum absolute atomic E-state index is 0.0477. The van der Waals surface area contributed by atoms with Crippen molar-refractivity contribution in [3.63, 3.8) is 0 Å². The number of carbonyl (C=O) groups excluding carboxylic acids is 1. The maximum absolute atomic E-state index is 13.9. The molecular weight excluding hydrogens is 387 g/mol. The Kier molecular flexibility index (Phi) is 7.29. The average molecular weight is 419 g/mol. The fraction of sp³-hybridized carbons (Fsp3) is 0.636. The van der Waals surface area contributed by atoms with Crippen molar-refractivity contribution in [2.75, 3.05) is 45.9 Å². The zero-order valence-electron chi connectivity index (χ0n) is 18.0. The number of nitriles is 1. The molecule has 164 valence electrons. The Labute approximate surface area is 177 Å². The molecule has 7 nitrogen and oxygen atoms in total. The standard InChI is InChI=1S/C22H31FN4O3/c1-22(2,3)25-21(28)15-27-13-17-11-26(12-18(14-27)30-17)7-4-8-29-20-6-5-16(10-24)9-19(20)23/h5-6,9,17-18H,4,7-8,11-15H2,1-3H3,(H,25,28). The molecule has 0 aliphatic carbocycles. The highest BCUT2D eigenvalue weighted by molar-refractivity contribution is 5.78. The van der Waals surface area contributed by atoms with Crippen molar-refractivity contribution in [2.24, 2.45) is 0 Å². The molecule has 2 saturated heterocycles. The van der Waals surface area contributed by atoms with Crippen LogP contribution in [0.5, 0.6) is 5.75 Å². The van der Waals surface area contributed by atoms with E-state index in [1.807, 2.05) is 26.8 Å². The number of ether oxygens (including phenoxy) is 2. The summed E-state index contributed by atoms with van der Waals surface area (Å²) in [5.74, 6) is -0.283. The predicted molar refractivity (Wildman–Crippen MR) is 111 cm³/mol. The summed E-state index contributed by atoms with van der Waals surface area (Å²) in [5, 5.41) is 11.8. The van der Waals surface area contributed by atoms with Gasteiger partial charge in [-0.2, -0.15) is 5.26 Å². The second-order valence-corrected chi connectivity index (χ2v) is 9.09. The van der Waals surface area contributed by atoms with Crippen molar-refractivity contribution in [3.8, 4) is 11.8 Å². The van der Waals surface area contributed by atoms with E-state index in [4.69, 9.17) is 14.7 Å². The quantitative estimate of drug-likeness (QED) is 0.680. The third kappa shape index (κ3) is 6.66. The number of fused-ring (bicyclic) bond motifs is 2. The van der Waals surface area contributed by atoms with Crippen LogP contribution >= 0.6 is 0 Å². The molecule has 2 aliphatic heterocycles. The third-order valence-electron chi connectivity index (χ3n) is 5.05. The normalized spacial score (nSPS) is 22.4. The number of amides is 1. The summed E-state index contributed by atoms with van der Waals surface area (Å²) >= 11 is 0. The molecule has 2 unspecified atom stereocenters. The zero-order valence-corrected chi connectivity index (χ0v) is 18.0. The minimum atomic E-state index is -0.509. The highest BCUT2D eigenvalue weighted by Gasteiger charge is 2.35. The topological polar surface area (TPSA) is 77.8 Å². The molecule has 0 radical (unpaired) electrons. The van der Waals surface area contributed by atoms with Gasteiger partial charge in [0.1, 0.15) is 0 Å². The number of carbonyl (C=O) groups is 1. The number of benzene rings is 1. The minimum Gasteiger partial charge on any atom is -0.490 e. The number of nitrogens with zero attached hydrogens (tertiary/aromatic N) is 3. The fourth-order valence-corrected chi connectivity index (χ4v) is 3.99. The summed E-state index contributed by atoms with van der Waals surface area (Å²) in [6.07, 6.45) is 0.963. The molecule has 0 aromatic heterocycles. The molecule has 1 aromatic carbocycles. The predicted octanol–water partition coefficient (Wildman–Crippen LogP) is 1.77. The lowest BCUT2D eigenvalue weighted by atomic mass is 10.1. The fourth-order valence-electron chi connectivity index (χ4n) is 3.99. The number of nitrogens with one attached hydrogen (secondary N) is 1. The van der Waals surface area contributed by atoms with E-state index < -0.39 is 5.82 Å². The van der Waals surface area contributed by atoms with Crippen molar-refractivity contribution >= 4 is 5.91 Å². The highest BCUT2D eigenvalue weighted by atomic mass is 19.1. The van der Waals surface area contributed by atoms with Crippen LogP contribution in [0.3, 0.4) is 0 Å². The van der Waals surface area contributed by atoms with Gasteiger partial charge in [0.05, 0.1) is 37.0 Å². The van der Waals surface area contributed by atoms with Crippen LogP contribution in [0.25, 0.3) is 0 Å². The van der Waals surface area contributed by atoms with Crippen LogP contribution < -0.4 is 10.1 Å². The zero-order chi connectivity index (χ0) is 21.7. The highest BCUT2D eigenvalue weighted by Crippen LogP contribution is 2.20. The van der Waals surface area contributed by atoms with Crippen molar-refractivity contribution in [2.45, 2.75) is 44.9 Å². The molecule has 3 rings (SSSR count). The molecule has 0 spiro atoms. The lowest BCUT2D eigenvalue weighted by Gasteiger charge is -2.45. The number of hydrogen-bond donors (Lipinski definition) is 1. The van der Waals surface area contributed by atoms with Gasteiger partial charge in [0, 0.05) is 38.3 Å². The lowest BCUT2D eigenvalue weighted by molar-refractivity contribution is -0.145. The molecule has 8 heteroatoms. The molecular formula is C22H31FN4O3. The average Bonchev–Trinajstić information content (AvgIpc) is 2.63. The van der Waals surface area contributed by atoms with E-state index in [0.717, 1.165) is 39.1 Å². The second kappa shape index (κ2) is 9.73. The van der Waals surface area contributed by atoms with Gasteiger partial charge >= 0.3 is 0 Å². The molecule has 2 bridgehead atoms. The number of hydrogen-bond acceptors (Lipinski definition) is 6. The molecule has 1 N–H and O–H groups in total. The molecule has 2 aliphatic rings. The van der Waals surface area contributed by atoms with Crippen molar-refractivity contribution < 1.29 is 18.7 Å². The summed E-state index contributed by atoms with van der Waals surface area (Å²) in [5.41, 5.74) is 0.0586. The second-order valence-electron chi connectivity index (χ2n) is 9.09. The van der Waals surface area contributed by atoms with Crippen LogP contribution in [0.15, 0.2) is 18.2 Å². The number of morpholine rings is 2. The van der Waals surface area contributed by atoms with E-state index in [0.29, 0.717) is 13.2 Å². The number of halogens is 1. The van der Waals surface area contributed by atoms with Crippen LogP contribution in [-0.4, -0.2) is 79.3 Å². The summed E-state index contributed by atoms with van der Waals surface area (Å²) in [6.45, 7) is 10.7. The summed E-state index contributed by atoms with van der Waals surface area (Å²) < 4.78 is 25.4. The molecule has 2 atom stereocenters. The lowest BCUT2D eigenvalue weighted by Crippen LogP contribution is -2.61. The Balaban J connectivity index is 1.38. The van der Waals surface area contributed by atoms with Gasteiger partial charge < -0.3 is 14.8 Å². The molecule has 1 aromatic rings. The van der Waals surface area contributed by atoms with E-state index in [2.05, 4.69) is 15.1 Å². The Hall–Kier alpha value is -2.21. The molecule has 0 saturated carbocycles. The largest absolute Gasteiger partial charge is 0.490 e. The Bertz CT molecular complexity index is 776. The van der Waals surface area contributed by atoms with Gasteiger partial charge in [-0.1, -0.05) is 0 Å². The first kappa shape index (κ1) is 22.5. The Morgan fingerprint density at radius 2 is 1.93 bits per heavy atom. The molecule has 2 fully saturated rings.